The fraction of sp³-hybridized carbons (Fsp3) is 0.188. The average molecular weight is 356 g/mol. The lowest BCUT2D eigenvalue weighted by atomic mass is 9.93. The second kappa shape index (κ2) is 6.09. The standard InChI is InChI=1S/C16H13Cl3N2O/c17-16(18,19)14(22)13(10-6-2-1-3-7-10)15-20-11-8-4-5-9-12(11)21-15/h1-9,13-14,22H,(H,20,21)/t13-,14+/m0/s1. The number of para-hydroxylation sites is 2. The Morgan fingerprint density at radius 2 is 1.59 bits per heavy atom. The first-order chi connectivity index (χ1) is 10.5. The summed E-state index contributed by atoms with van der Waals surface area (Å²) in [7, 11) is 0. The maximum atomic E-state index is 10.5. The van der Waals surface area contributed by atoms with E-state index in [1.807, 2.05) is 54.6 Å². The number of nitrogens with zero attached hydrogens (tertiary/aromatic N) is 1. The highest BCUT2D eigenvalue weighted by Crippen LogP contribution is 2.40. The van der Waals surface area contributed by atoms with Crippen LogP contribution in [0, 0.1) is 0 Å². The molecule has 0 aliphatic rings. The molecule has 22 heavy (non-hydrogen) atoms. The fourth-order valence-corrected chi connectivity index (χ4v) is 2.84. The predicted octanol–water partition coefficient (Wildman–Crippen LogP) is 4.43. The number of hydrogen-bond donors (Lipinski definition) is 2. The minimum Gasteiger partial charge on any atom is -0.388 e. The van der Waals surface area contributed by atoms with Crippen LogP contribution in [0.15, 0.2) is 54.6 Å². The molecule has 2 N–H and O–H groups in total. The van der Waals surface area contributed by atoms with Crippen molar-refractivity contribution >= 4 is 45.8 Å². The molecule has 2 atom stereocenters. The van der Waals surface area contributed by atoms with Gasteiger partial charge in [0.2, 0.25) is 3.79 Å². The van der Waals surface area contributed by atoms with Gasteiger partial charge < -0.3 is 10.1 Å². The number of aromatic amines is 1. The largest absolute Gasteiger partial charge is 0.388 e. The van der Waals surface area contributed by atoms with Crippen LogP contribution >= 0.6 is 34.8 Å². The molecule has 0 amide bonds. The third-order valence-corrected chi connectivity index (χ3v) is 4.18. The van der Waals surface area contributed by atoms with E-state index in [0.717, 1.165) is 16.6 Å². The number of aromatic nitrogens is 2. The minimum absolute atomic E-state index is 0.561. The topological polar surface area (TPSA) is 48.9 Å². The van der Waals surface area contributed by atoms with Crippen molar-refractivity contribution in [3.63, 3.8) is 0 Å². The first kappa shape index (κ1) is 15.6. The summed E-state index contributed by atoms with van der Waals surface area (Å²) >= 11 is 17.7. The molecule has 114 valence electrons. The zero-order chi connectivity index (χ0) is 15.7. The summed E-state index contributed by atoms with van der Waals surface area (Å²) in [6, 6.07) is 17.0. The molecule has 0 unspecified atom stereocenters. The van der Waals surface area contributed by atoms with E-state index in [1.54, 1.807) is 0 Å². The van der Waals surface area contributed by atoms with Crippen LogP contribution in [0.2, 0.25) is 0 Å². The van der Waals surface area contributed by atoms with Crippen LogP contribution in [0.25, 0.3) is 11.0 Å². The number of aliphatic hydroxyl groups excluding tert-OH is 1. The Kier molecular flexibility index (Phi) is 4.33. The van der Waals surface area contributed by atoms with Gasteiger partial charge in [-0.1, -0.05) is 77.3 Å². The molecule has 1 heterocycles. The summed E-state index contributed by atoms with van der Waals surface area (Å²) < 4.78 is -1.82. The smallest absolute Gasteiger partial charge is 0.217 e. The van der Waals surface area contributed by atoms with Crippen molar-refractivity contribution in [3.8, 4) is 0 Å². The van der Waals surface area contributed by atoms with Gasteiger partial charge in [0, 0.05) is 0 Å². The van der Waals surface area contributed by atoms with Gasteiger partial charge in [-0.05, 0) is 17.7 Å². The van der Waals surface area contributed by atoms with E-state index < -0.39 is 15.8 Å². The number of fused-ring (bicyclic) bond motifs is 1. The van der Waals surface area contributed by atoms with Crippen LogP contribution in [0.1, 0.15) is 17.3 Å². The summed E-state index contributed by atoms with van der Waals surface area (Å²) in [6.07, 6.45) is -1.24. The monoisotopic (exact) mass is 354 g/mol. The molecule has 0 fully saturated rings. The second-order valence-electron chi connectivity index (χ2n) is 5.01. The van der Waals surface area contributed by atoms with Gasteiger partial charge in [0.1, 0.15) is 11.9 Å². The number of imidazole rings is 1. The van der Waals surface area contributed by atoms with E-state index in [9.17, 15) is 5.11 Å². The van der Waals surface area contributed by atoms with Crippen molar-refractivity contribution in [2.75, 3.05) is 0 Å². The molecule has 1 aromatic heterocycles. The van der Waals surface area contributed by atoms with Crippen LogP contribution in [-0.2, 0) is 0 Å². The Labute approximate surface area is 142 Å². The third kappa shape index (κ3) is 3.08. The highest BCUT2D eigenvalue weighted by molar-refractivity contribution is 6.68. The quantitative estimate of drug-likeness (QED) is 0.683. The number of alkyl halides is 3. The molecule has 2 aromatic carbocycles. The van der Waals surface area contributed by atoms with Crippen LogP contribution in [0.3, 0.4) is 0 Å². The van der Waals surface area contributed by atoms with Gasteiger partial charge in [0.25, 0.3) is 0 Å². The number of nitrogens with one attached hydrogen (secondary N) is 1. The van der Waals surface area contributed by atoms with E-state index in [4.69, 9.17) is 34.8 Å². The molecule has 3 rings (SSSR count). The number of H-pyrrole nitrogens is 1. The molecule has 0 spiro atoms. The summed E-state index contributed by atoms with van der Waals surface area (Å²) in [5.41, 5.74) is 2.49. The molecule has 3 nitrogen and oxygen atoms in total. The fourth-order valence-electron chi connectivity index (χ4n) is 2.46. The highest BCUT2D eigenvalue weighted by atomic mass is 35.6. The van der Waals surface area contributed by atoms with Crippen LogP contribution in [-0.4, -0.2) is 25.0 Å². The lowest BCUT2D eigenvalue weighted by Gasteiger charge is -2.27. The predicted molar refractivity (Wildman–Crippen MR) is 90.7 cm³/mol. The maximum absolute atomic E-state index is 10.5. The highest BCUT2D eigenvalue weighted by Gasteiger charge is 2.40. The van der Waals surface area contributed by atoms with Gasteiger partial charge in [0.15, 0.2) is 0 Å². The summed E-state index contributed by atoms with van der Waals surface area (Å²) in [5, 5.41) is 10.5. The van der Waals surface area contributed by atoms with Crippen molar-refractivity contribution in [1.29, 1.82) is 0 Å². The zero-order valence-electron chi connectivity index (χ0n) is 11.4. The number of rotatable bonds is 3. The van der Waals surface area contributed by atoms with Gasteiger partial charge in [-0.3, -0.25) is 0 Å². The lowest BCUT2D eigenvalue weighted by Crippen LogP contribution is -2.33. The van der Waals surface area contributed by atoms with Gasteiger partial charge in [-0.2, -0.15) is 0 Å². The number of aliphatic hydroxyl groups is 1. The first-order valence-corrected chi connectivity index (χ1v) is 7.84. The van der Waals surface area contributed by atoms with Gasteiger partial charge in [0.05, 0.1) is 17.0 Å². The molecular weight excluding hydrogens is 343 g/mol. The van der Waals surface area contributed by atoms with Gasteiger partial charge >= 0.3 is 0 Å². The maximum Gasteiger partial charge on any atom is 0.217 e. The Morgan fingerprint density at radius 1 is 0.955 bits per heavy atom. The molecule has 0 saturated carbocycles. The van der Waals surface area contributed by atoms with E-state index in [1.165, 1.54) is 0 Å². The van der Waals surface area contributed by atoms with Gasteiger partial charge in [-0.15, -0.1) is 0 Å². The molecule has 6 heteroatoms. The Bertz CT molecular complexity index is 735. The van der Waals surface area contributed by atoms with Crippen LogP contribution in [0.4, 0.5) is 0 Å². The van der Waals surface area contributed by atoms with Crippen molar-refractivity contribution in [2.45, 2.75) is 15.8 Å². The number of benzene rings is 2. The molecule has 0 saturated heterocycles. The number of hydrogen-bond acceptors (Lipinski definition) is 2. The minimum atomic E-state index is -1.82. The molecule has 0 aliphatic carbocycles. The Hall–Kier alpha value is -1.26. The van der Waals surface area contributed by atoms with Crippen molar-refractivity contribution in [2.24, 2.45) is 0 Å². The van der Waals surface area contributed by atoms with Crippen molar-refractivity contribution < 1.29 is 5.11 Å². The SMILES string of the molecule is O[C@H]([C@H](c1ccccc1)c1nc2ccccc2[nH]1)C(Cl)(Cl)Cl. The molecule has 3 aromatic rings. The Balaban J connectivity index is 2.12. The second-order valence-corrected chi connectivity index (χ2v) is 7.38. The van der Waals surface area contributed by atoms with Crippen molar-refractivity contribution in [1.82, 2.24) is 9.97 Å². The average Bonchev–Trinajstić information content (AvgIpc) is 2.91. The first-order valence-electron chi connectivity index (χ1n) is 6.71. The Morgan fingerprint density at radius 3 is 2.23 bits per heavy atom. The molecule has 0 aliphatic heterocycles. The van der Waals surface area contributed by atoms with E-state index >= 15 is 0 Å². The molecule has 0 radical (unpaired) electrons. The van der Waals surface area contributed by atoms with Crippen molar-refractivity contribution in [3.05, 3.63) is 66.0 Å². The number of halogens is 3. The van der Waals surface area contributed by atoms with E-state index in [2.05, 4.69) is 9.97 Å². The van der Waals surface area contributed by atoms with Crippen LogP contribution < -0.4 is 0 Å². The van der Waals surface area contributed by atoms with E-state index in [0.29, 0.717) is 5.82 Å². The zero-order valence-corrected chi connectivity index (χ0v) is 13.6. The molecule has 0 bridgehead atoms. The summed E-state index contributed by atoms with van der Waals surface area (Å²) in [6.45, 7) is 0. The van der Waals surface area contributed by atoms with E-state index in [-0.39, 0.29) is 0 Å². The third-order valence-electron chi connectivity index (χ3n) is 3.51. The van der Waals surface area contributed by atoms with Gasteiger partial charge in [-0.25, -0.2) is 4.98 Å². The van der Waals surface area contributed by atoms with Crippen LogP contribution in [0.5, 0.6) is 0 Å². The summed E-state index contributed by atoms with van der Waals surface area (Å²) in [5.74, 6) is -0.00711. The lowest BCUT2D eigenvalue weighted by molar-refractivity contribution is 0.158. The normalized spacial score (nSPS) is 14.9. The molecular formula is C16H13Cl3N2O. The summed E-state index contributed by atoms with van der Waals surface area (Å²) in [4.78, 5) is 7.73.